The summed E-state index contributed by atoms with van der Waals surface area (Å²) in [5.74, 6) is 2.66. The Hall–Kier alpha value is -4.01. The maximum atomic E-state index is 5.52. The van der Waals surface area contributed by atoms with Gasteiger partial charge in [0.1, 0.15) is 17.3 Å². The van der Waals surface area contributed by atoms with Crippen LogP contribution < -0.4 is 14.8 Å². The van der Waals surface area contributed by atoms with Gasteiger partial charge in [-0.1, -0.05) is 12.1 Å². The van der Waals surface area contributed by atoms with Crippen molar-refractivity contribution in [2.45, 2.75) is 26.8 Å². The molecule has 0 aliphatic rings. The molecule has 32 heavy (non-hydrogen) atoms. The highest BCUT2D eigenvalue weighted by Gasteiger charge is 2.21. The van der Waals surface area contributed by atoms with E-state index in [2.05, 4.69) is 25.4 Å². The Morgan fingerprint density at radius 1 is 1.00 bits per heavy atom. The lowest BCUT2D eigenvalue weighted by molar-refractivity contribution is 0.383. The number of hydrogen-bond donors (Lipinski definition) is 1. The molecule has 0 radical (unpaired) electrons. The molecule has 0 aliphatic carbocycles. The number of anilines is 1. The summed E-state index contributed by atoms with van der Waals surface area (Å²) in [5, 5.41) is 7.42. The molecule has 0 spiro atoms. The van der Waals surface area contributed by atoms with Crippen LogP contribution in [0.5, 0.6) is 11.5 Å². The lowest BCUT2D eigenvalue weighted by Gasteiger charge is -2.12. The first kappa shape index (κ1) is 21.2. The second-order valence-corrected chi connectivity index (χ2v) is 7.04. The minimum atomic E-state index is 0.470. The average Bonchev–Trinajstić information content (AvgIpc) is 3.23. The summed E-state index contributed by atoms with van der Waals surface area (Å²) in [7, 11) is 3.25. The minimum Gasteiger partial charge on any atom is -0.497 e. The summed E-state index contributed by atoms with van der Waals surface area (Å²) >= 11 is 0. The number of nitrogens with one attached hydrogen (secondary N) is 1. The van der Waals surface area contributed by atoms with Gasteiger partial charge in [-0.25, -0.2) is 9.97 Å². The Morgan fingerprint density at radius 2 is 1.78 bits per heavy atom. The average molecular weight is 432 g/mol. The van der Waals surface area contributed by atoms with Gasteiger partial charge in [-0.15, -0.1) is 0 Å². The molecule has 0 saturated heterocycles. The molecule has 0 bridgehead atoms. The molecule has 0 aliphatic heterocycles. The van der Waals surface area contributed by atoms with Gasteiger partial charge in [-0.05, 0) is 24.6 Å². The zero-order valence-corrected chi connectivity index (χ0v) is 18.4. The van der Waals surface area contributed by atoms with Crippen LogP contribution in [0.3, 0.4) is 0 Å². The molecular formula is C23H24N6O3. The van der Waals surface area contributed by atoms with E-state index in [1.165, 1.54) is 0 Å². The summed E-state index contributed by atoms with van der Waals surface area (Å²) in [5.41, 5.74) is 4.71. The Kier molecular flexibility index (Phi) is 6.25. The molecule has 1 aromatic carbocycles. The number of ether oxygens (including phenoxy) is 2. The van der Waals surface area contributed by atoms with Gasteiger partial charge in [-0.3, -0.25) is 9.97 Å². The van der Waals surface area contributed by atoms with Gasteiger partial charge < -0.3 is 19.3 Å². The topological polar surface area (TPSA) is 108 Å². The lowest BCUT2D eigenvalue weighted by Crippen LogP contribution is -2.06. The van der Waals surface area contributed by atoms with Crippen molar-refractivity contribution >= 4 is 5.95 Å². The van der Waals surface area contributed by atoms with E-state index in [1.54, 1.807) is 39.0 Å². The van der Waals surface area contributed by atoms with E-state index in [-0.39, 0.29) is 0 Å². The van der Waals surface area contributed by atoms with E-state index in [4.69, 9.17) is 19.0 Å². The maximum absolute atomic E-state index is 5.52. The van der Waals surface area contributed by atoms with E-state index in [0.29, 0.717) is 41.8 Å². The van der Waals surface area contributed by atoms with E-state index >= 15 is 0 Å². The highest BCUT2D eigenvalue weighted by atomic mass is 16.5. The number of nitrogens with zero attached hydrogens (tertiary/aromatic N) is 5. The molecule has 9 heteroatoms. The van der Waals surface area contributed by atoms with Gasteiger partial charge in [0.25, 0.3) is 0 Å². The van der Waals surface area contributed by atoms with Gasteiger partial charge in [-0.2, -0.15) is 0 Å². The summed E-state index contributed by atoms with van der Waals surface area (Å²) in [6.07, 6.45) is 7.39. The van der Waals surface area contributed by atoms with Crippen molar-refractivity contribution in [3.8, 4) is 34.0 Å². The van der Waals surface area contributed by atoms with E-state index in [9.17, 15) is 0 Å². The molecule has 0 unspecified atom stereocenters. The molecule has 4 rings (SSSR count). The van der Waals surface area contributed by atoms with Crippen molar-refractivity contribution < 1.29 is 14.0 Å². The fraction of sp³-hybridized carbons (Fsp3) is 0.261. The quantitative estimate of drug-likeness (QED) is 0.440. The monoisotopic (exact) mass is 432 g/mol. The standard InChI is InChI=1S/C23H24N6O3/c1-5-20-21(14(2)29-32-20)22-18(19-13-24-6-7-25-19)12-27-23(28-22)26-11-15-8-16(30-3)10-17(9-15)31-4/h6-10,12-13H,5,11H2,1-4H3,(H,26,27,28). The molecular weight excluding hydrogens is 408 g/mol. The van der Waals surface area contributed by atoms with Gasteiger partial charge >= 0.3 is 0 Å². The predicted octanol–water partition coefficient (Wildman–Crippen LogP) is 4.09. The van der Waals surface area contributed by atoms with Crippen LogP contribution in [0.4, 0.5) is 5.95 Å². The highest BCUT2D eigenvalue weighted by Crippen LogP contribution is 2.34. The normalized spacial score (nSPS) is 10.8. The van der Waals surface area contributed by atoms with E-state index in [0.717, 1.165) is 28.1 Å². The largest absolute Gasteiger partial charge is 0.497 e. The maximum Gasteiger partial charge on any atom is 0.223 e. The summed E-state index contributed by atoms with van der Waals surface area (Å²) in [4.78, 5) is 17.9. The van der Waals surface area contributed by atoms with Crippen LogP contribution in [0.1, 0.15) is 23.9 Å². The van der Waals surface area contributed by atoms with Crippen LogP contribution in [0, 0.1) is 6.92 Å². The molecule has 3 aromatic heterocycles. The van der Waals surface area contributed by atoms with Crippen molar-refractivity contribution in [3.05, 3.63) is 60.0 Å². The predicted molar refractivity (Wildman–Crippen MR) is 120 cm³/mol. The van der Waals surface area contributed by atoms with Crippen molar-refractivity contribution in [2.75, 3.05) is 19.5 Å². The second-order valence-electron chi connectivity index (χ2n) is 7.04. The van der Waals surface area contributed by atoms with Gasteiger partial charge in [0.05, 0.1) is 43.1 Å². The molecule has 9 nitrogen and oxygen atoms in total. The molecule has 0 saturated carbocycles. The number of rotatable bonds is 8. The Bertz CT molecular complexity index is 1190. The van der Waals surface area contributed by atoms with E-state index in [1.807, 2.05) is 32.0 Å². The third-order valence-electron chi connectivity index (χ3n) is 4.98. The zero-order valence-electron chi connectivity index (χ0n) is 18.4. The Morgan fingerprint density at radius 3 is 2.44 bits per heavy atom. The molecule has 164 valence electrons. The van der Waals surface area contributed by atoms with Crippen molar-refractivity contribution in [1.29, 1.82) is 0 Å². The van der Waals surface area contributed by atoms with Crippen LogP contribution in [0.2, 0.25) is 0 Å². The zero-order chi connectivity index (χ0) is 22.5. The third-order valence-corrected chi connectivity index (χ3v) is 4.98. The summed E-state index contributed by atoms with van der Waals surface area (Å²) < 4.78 is 16.2. The van der Waals surface area contributed by atoms with Gasteiger partial charge in [0, 0.05) is 43.2 Å². The number of aromatic nitrogens is 5. The lowest BCUT2D eigenvalue weighted by atomic mass is 10.0. The van der Waals surface area contributed by atoms with Crippen LogP contribution in [0.25, 0.3) is 22.5 Å². The smallest absolute Gasteiger partial charge is 0.223 e. The van der Waals surface area contributed by atoms with Crippen molar-refractivity contribution in [1.82, 2.24) is 25.1 Å². The first-order valence-electron chi connectivity index (χ1n) is 10.2. The summed E-state index contributed by atoms with van der Waals surface area (Å²) in [6, 6.07) is 5.70. The highest BCUT2D eigenvalue weighted by molar-refractivity contribution is 5.80. The number of benzene rings is 1. The van der Waals surface area contributed by atoms with E-state index < -0.39 is 0 Å². The number of aryl methyl sites for hydroxylation is 2. The molecule has 4 aromatic rings. The van der Waals surface area contributed by atoms with Crippen LogP contribution in [-0.4, -0.2) is 39.3 Å². The number of hydrogen-bond acceptors (Lipinski definition) is 9. The molecule has 3 heterocycles. The van der Waals surface area contributed by atoms with Crippen molar-refractivity contribution in [2.24, 2.45) is 0 Å². The van der Waals surface area contributed by atoms with Gasteiger partial charge in [0.15, 0.2) is 0 Å². The Balaban J connectivity index is 1.72. The molecule has 0 amide bonds. The van der Waals surface area contributed by atoms with Crippen LogP contribution >= 0.6 is 0 Å². The number of methoxy groups -OCH3 is 2. The Labute approximate surface area is 185 Å². The molecule has 1 N–H and O–H groups in total. The van der Waals surface area contributed by atoms with Crippen LogP contribution in [0.15, 0.2) is 47.5 Å². The third kappa shape index (κ3) is 4.36. The van der Waals surface area contributed by atoms with Gasteiger partial charge in [0.2, 0.25) is 5.95 Å². The van der Waals surface area contributed by atoms with Crippen LogP contribution in [-0.2, 0) is 13.0 Å². The minimum absolute atomic E-state index is 0.470. The molecule has 0 fully saturated rings. The fourth-order valence-corrected chi connectivity index (χ4v) is 3.39. The van der Waals surface area contributed by atoms with Crippen molar-refractivity contribution in [3.63, 3.8) is 0 Å². The summed E-state index contributed by atoms with van der Waals surface area (Å²) in [6.45, 7) is 4.40. The second kappa shape index (κ2) is 9.42. The first-order valence-corrected chi connectivity index (χ1v) is 10.2. The first-order chi connectivity index (χ1) is 15.6. The SMILES string of the molecule is CCc1onc(C)c1-c1nc(NCc2cc(OC)cc(OC)c2)ncc1-c1cnccn1. The fourth-order valence-electron chi connectivity index (χ4n) is 3.39. The molecule has 0 atom stereocenters.